The number of nitrogens with two attached hydrogens (primary N) is 2. The molecule has 2 aliphatic carbocycles. The third-order valence-electron chi connectivity index (χ3n) is 7.78. The molecule has 0 amide bonds. The third kappa shape index (κ3) is 2.44. The Balaban J connectivity index is 1.54. The molecule has 126 valence electrons. The van der Waals surface area contributed by atoms with E-state index < -0.39 is 0 Å². The van der Waals surface area contributed by atoms with E-state index in [4.69, 9.17) is 5.73 Å². The Morgan fingerprint density at radius 2 is 1.64 bits per heavy atom. The van der Waals surface area contributed by atoms with Crippen molar-refractivity contribution in [3.63, 3.8) is 0 Å². The number of nitrogens with zero attached hydrogens (tertiary/aromatic N) is 1. The van der Waals surface area contributed by atoms with Gasteiger partial charge in [0.1, 0.15) is 6.17 Å². The Morgan fingerprint density at radius 3 is 2.41 bits per heavy atom. The number of rotatable bonds is 1. The van der Waals surface area contributed by atoms with Crippen molar-refractivity contribution in [1.29, 1.82) is 0 Å². The van der Waals surface area contributed by atoms with Crippen LogP contribution < -0.4 is 11.1 Å². The molecule has 7 unspecified atom stereocenters. The second-order valence-corrected chi connectivity index (χ2v) is 8.93. The fraction of sp³-hybridized carbons (Fsp3) is 1.00. The van der Waals surface area contributed by atoms with Crippen molar-refractivity contribution in [1.82, 2.24) is 4.90 Å². The SMILES string of the molecule is CC1CCC(C)C2C(N)C3CCN(C4CCCCC4)C3[NH2+]C12. The van der Waals surface area contributed by atoms with Crippen molar-refractivity contribution < 1.29 is 5.32 Å². The highest BCUT2D eigenvalue weighted by Crippen LogP contribution is 2.42. The molecule has 0 aromatic rings. The molecule has 2 heterocycles. The molecule has 4 fully saturated rings. The second kappa shape index (κ2) is 6.07. The number of likely N-dealkylation sites (tertiary alicyclic amines) is 1. The standard InChI is InChI=1S/C19H35N3/c1-12-8-9-13(2)18-16(12)17(20)15-10-11-22(19(15)21-18)14-6-4-3-5-7-14/h12-19,21H,3-11,20H2,1-2H3/p+1. The van der Waals surface area contributed by atoms with Crippen LogP contribution in [0.2, 0.25) is 0 Å². The topological polar surface area (TPSA) is 45.9 Å². The predicted molar refractivity (Wildman–Crippen MR) is 90.2 cm³/mol. The van der Waals surface area contributed by atoms with Crippen LogP contribution in [0.15, 0.2) is 0 Å². The highest BCUT2D eigenvalue weighted by Gasteiger charge is 2.55. The van der Waals surface area contributed by atoms with Crippen LogP contribution in [0.1, 0.15) is 65.2 Å². The first kappa shape index (κ1) is 15.4. The van der Waals surface area contributed by atoms with Crippen LogP contribution in [0.5, 0.6) is 0 Å². The molecule has 7 atom stereocenters. The first-order valence-corrected chi connectivity index (χ1v) is 10.0. The molecule has 0 aromatic carbocycles. The van der Waals surface area contributed by atoms with Crippen LogP contribution >= 0.6 is 0 Å². The van der Waals surface area contributed by atoms with Gasteiger partial charge in [-0.3, -0.25) is 4.90 Å². The summed E-state index contributed by atoms with van der Waals surface area (Å²) in [7, 11) is 0. The molecule has 2 saturated carbocycles. The molecule has 0 radical (unpaired) electrons. The minimum absolute atomic E-state index is 0.450. The Labute approximate surface area is 136 Å². The molecular formula is C19H36N3+. The lowest BCUT2D eigenvalue weighted by Gasteiger charge is -2.50. The van der Waals surface area contributed by atoms with Crippen LogP contribution in [-0.2, 0) is 0 Å². The number of fused-ring (bicyclic) bond motifs is 2. The maximum Gasteiger partial charge on any atom is 0.147 e. The van der Waals surface area contributed by atoms with Crippen molar-refractivity contribution in [3.8, 4) is 0 Å². The van der Waals surface area contributed by atoms with E-state index in [1.807, 2.05) is 0 Å². The highest BCUT2D eigenvalue weighted by atomic mass is 15.3. The predicted octanol–water partition coefficient (Wildman–Crippen LogP) is 1.92. The summed E-state index contributed by atoms with van der Waals surface area (Å²) in [5, 5.41) is 2.79. The second-order valence-electron chi connectivity index (χ2n) is 8.93. The molecule has 0 spiro atoms. The summed E-state index contributed by atoms with van der Waals surface area (Å²) >= 11 is 0. The monoisotopic (exact) mass is 306 g/mol. The van der Waals surface area contributed by atoms with Gasteiger partial charge in [0.2, 0.25) is 0 Å². The lowest BCUT2D eigenvalue weighted by Crippen LogP contribution is -3.04. The maximum atomic E-state index is 6.87. The molecule has 0 bridgehead atoms. The summed E-state index contributed by atoms with van der Waals surface area (Å²) in [6.45, 7) is 6.25. The fourth-order valence-electron chi connectivity index (χ4n) is 6.51. The molecule has 4 N–H and O–H groups in total. The van der Waals surface area contributed by atoms with E-state index in [9.17, 15) is 0 Å². The Morgan fingerprint density at radius 1 is 0.909 bits per heavy atom. The molecule has 22 heavy (non-hydrogen) atoms. The van der Waals surface area contributed by atoms with Gasteiger partial charge in [-0.25, -0.2) is 0 Å². The van der Waals surface area contributed by atoms with Crippen LogP contribution in [0.25, 0.3) is 0 Å². The van der Waals surface area contributed by atoms with Gasteiger partial charge in [0.15, 0.2) is 0 Å². The first-order valence-electron chi connectivity index (χ1n) is 10.0. The summed E-state index contributed by atoms with van der Waals surface area (Å²) in [6.07, 6.45) is 12.1. The van der Waals surface area contributed by atoms with Crippen molar-refractivity contribution >= 4 is 0 Å². The van der Waals surface area contributed by atoms with Crippen LogP contribution in [0.3, 0.4) is 0 Å². The zero-order chi connectivity index (χ0) is 15.3. The lowest BCUT2D eigenvalue weighted by atomic mass is 9.63. The van der Waals surface area contributed by atoms with E-state index in [1.165, 1.54) is 57.9 Å². The summed E-state index contributed by atoms with van der Waals surface area (Å²) in [6, 6.07) is 2.09. The summed E-state index contributed by atoms with van der Waals surface area (Å²) in [5.74, 6) is 3.19. The molecule has 2 saturated heterocycles. The normalized spacial score (nSPS) is 50.6. The van der Waals surface area contributed by atoms with E-state index in [2.05, 4.69) is 24.1 Å². The van der Waals surface area contributed by atoms with Gasteiger partial charge in [0.05, 0.1) is 6.04 Å². The van der Waals surface area contributed by atoms with Gasteiger partial charge in [-0.05, 0) is 38.0 Å². The van der Waals surface area contributed by atoms with Gasteiger partial charge in [-0.2, -0.15) is 0 Å². The van der Waals surface area contributed by atoms with Crippen molar-refractivity contribution in [3.05, 3.63) is 0 Å². The molecule has 0 aromatic heterocycles. The molecule has 3 nitrogen and oxygen atoms in total. The van der Waals surface area contributed by atoms with E-state index >= 15 is 0 Å². The Hall–Kier alpha value is -0.120. The quantitative estimate of drug-likeness (QED) is 0.777. The minimum atomic E-state index is 0.450. The smallest absolute Gasteiger partial charge is 0.147 e. The minimum Gasteiger partial charge on any atom is -0.328 e. The average molecular weight is 307 g/mol. The molecule has 2 aliphatic heterocycles. The lowest BCUT2D eigenvalue weighted by molar-refractivity contribution is -0.767. The van der Waals surface area contributed by atoms with Gasteiger partial charge >= 0.3 is 0 Å². The van der Waals surface area contributed by atoms with Crippen molar-refractivity contribution in [2.75, 3.05) is 6.54 Å². The summed E-state index contributed by atoms with van der Waals surface area (Å²) in [5.41, 5.74) is 6.87. The van der Waals surface area contributed by atoms with Gasteiger partial charge in [-0.15, -0.1) is 0 Å². The zero-order valence-electron chi connectivity index (χ0n) is 14.6. The average Bonchev–Trinajstić information content (AvgIpc) is 2.96. The molecule has 4 rings (SSSR count). The van der Waals surface area contributed by atoms with Gasteiger partial charge in [0, 0.05) is 36.4 Å². The van der Waals surface area contributed by atoms with Crippen molar-refractivity contribution in [2.45, 2.75) is 89.5 Å². The number of hydrogen-bond donors (Lipinski definition) is 2. The molecular weight excluding hydrogens is 270 g/mol. The summed E-state index contributed by atoms with van der Waals surface area (Å²) < 4.78 is 0. The Bertz CT molecular complexity index is 392. The molecule has 4 aliphatic rings. The number of hydrogen-bond acceptors (Lipinski definition) is 2. The number of piperidine rings is 1. The van der Waals surface area contributed by atoms with E-state index in [0.29, 0.717) is 12.2 Å². The van der Waals surface area contributed by atoms with E-state index in [-0.39, 0.29) is 0 Å². The Kier molecular flexibility index (Phi) is 4.25. The van der Waals surface area contributed by atoms with Crippen molar-refractivity contribution in [2.24, 2.45) is 29.4 Å². The van der Waals surface area contributed by atoms with Gasteiger partial charge in [0.25, 0.3) is 0 Å². The van der Waals surface area contributed by atoms with Crippen LogP contribution in [-0.4, -0.2) is 35.7 Å². The maximum absolute atomic E-state index is 6.87. The zero-order valence-corrected chi connectivity index (χ0v) is 14.6. The van der Waals surface area contributed by atoms with Crippen LogP contribution in [0, 0.1) is 23.7 Å². The first-order chi connectivity index (χ1) is 10.7. The molecule has 3 heteroatoms. The highest BCUT2D eigenvalue weighted by molar-refractivity contribution is 5.00. The largest absolute Gasteiger partial charge is 0.328 e. The third-order valence-corrected chi connectivity index (χ3v) is 7.78. The summed E-state index contributed by atoms with van der Waals surface area (Å²) in [4.78, 5) is 2.88. The fourth-order valence-corrected chi connectivity index (χ4v) is 6.51. The number of quaternary nitrogens is 1. The van der Waals surface area contributed by atoms with E-state index in [1.54, 1.807) is 0 Å². The van der Waals surface area contributed by atoms with E-state index in [0.717, 1.165) is 35.8 Å². The van der Waals surface area contributed by atoms with Gasteiger partial charge < -0.3 is 11.1 Å². The van der Waals surface area contributed by atoms with Crippen LogP contribution in [0.4, 0.5) is 0 Å². The van der Waals surface area contributed by atoms with Gasteiger partial charge in [-0.1, -0.05) is 33.1 Å².